The van der Waals surface area contributed by atoms with Crippen LogP contribution in [0.5, 0.6) is 5.75 Å². The molecule has 2 aromatic carbocycles. The molecule has 1 atom stereocenters. The standard InChI is InChI=1S/C23H20N2O4S/c1-3-29-17-10-8-16(9-11-17)20(26)18-19(15-6-4-14(2)5-7-15)25(22(28)21(18)27)23-24-12-13-30-23/h4-13,19,26H,3H2,1-2H3/b20-18+/t19-/m0/s1. The normalized spacial score (nSPS) is 18.1. The molecular weight excluding hydrogens is 400 g/mol. The van der Waals surface area contributed by atoms with Crippen LogP contribution in [0.3, 0.4) is 0 Å². The molecule has 30 heavy (non-hydrogen) atoms. The van der Waals surface area contributed by atoms with Crippen LogP contribution in [-0.4, -0.2) is 28.4 Å². The lowest BCUT2D eigenvalue weighted by molar-refractivity contribution is -0.132. The van der Waals surface area contributed by atoms with E-state index in [2.05, 4.69) is 4.98 Å². The first kappa shape index (κ1) is 19.8. The zero-order chi connectivity index (χ0) is 21.3. The van der Waals surface area contributed by atoms with Crippen LogP contribution >= 0.6 is 11.3 Å². The zero-order valence-electron chi connectivity index (χ0n) is 16.5. The number of ketones is 1. The van der Waals surface area contributed by atoms with E-state index >= 15 is 0 Å². The molecule has 1 aromatic heterocycles. The Labute approximate surface area is 178 Å². The lowest BCUT2D eigenvalue weighted by atomic mass is 9.95. The molecule has 6 nitrogen and oxygen atoms in total. The number of anilines is 1. The van der Waals surface area contributed by atoms with E-state index in [1.165, 1.54) is 16.2 Å². The summed E-state index contributed by atoms with van der Waals surface area (Å²) in [5, 5.41) is 13.2. The number of carbonyl (C=O) groups excluding carboxylic acids is 2. The topological polar surface area (TPSA) is 79.7 Å². The Morgan fingerprint density at radius 2 is 1.83 bits per heavy atom. The molecule has 4 rings (SSSR count). The SMILES string of the molecule is CCOc1ccc(/C(O)=C2\C(=O)C(=O)N(c3nccs3)[C@H]2c2ccc(C)cc2)cc1. The number of ether oxygens (including phenoxy) is 1. The van der Waals surface area contributed by atoms with Crippen molar-refractivity contribution in [1.82, 2.24) is 4.98 Å². The number of hydrogen-bond donors (Lipinski definition) is 1. The van der Waals surface area contributed by atoms with Gasteiger partial charge in [0.1, 0.15) is 11.5 Å². The summed E-state index contributed by atoms with van der Waals surface area (Å²) in [5.41, 5.74) is 2.26. The molecule has 1 aliphatic rings. The quantitative estimate of drug-likeness (QED) is 0.374. The first-order valence-electron chi connectivity index (χ1n) is 9.51. The molecule has 0 radical (unpaired) electrons. The summed E-state index contributed by atoms with van der Waals surface area (Å²) in [6.07, 6.45) is 1.58. The Kier molecular flexibility index (Phi) is 5.37. The number of benzene rings is 2. The number of thiazole rings is 1. The van der Waals surface area contributed by atoms with Gasteiger partial charge in [-0.3, -0.25) is 14.5 Å². The predicted molar refractivity (Wildman–Crippen MR) is 116 cm³/mol. The summed E-state index contributed by atoms with van der Waals surface area (Å²) < 4.78 is 5.44. The maximum absolute atomic E-state index is 13.0. The lowest BCUT2D eigenvalue weighted by Gasteiger charge is -2.23. The summed E-state index contributed by atoms with van der Waals surface area (Å²) in [4.78, 5) is 31.5. The minimum Gasteiger partial charge on any atom is -0.507 e. The highest BCUT2D eigenvalue weighted by Gasteiger charge is 2.47. The Morgan fingerprint density at radius 3 is 2.43 bits per heavy atom. The Balaban J connectivity index is 1.86. The smallest absolute Gasteiger partial charge is 0.301 e. The van der Waals surface area contributed by atoms with Crippen molar-refractivity contribution in [3.63, 3.8) is 0 Å². The van der Waals surface area contributed by atoms with Crippen LogP contribution in [0.25, 0.3) is 5.76 Å². The molecule has 1 amide bonds. The van der Waals surface area contributed by atoms with Crippen molar-refractivity contribution in [2.75, 3.05) is 11.5 Å². The number of aromatic nitrogens is 1. The number of aryl methyl sites for hydroxylation is 1. The summed E-state index contributed by atoms with van der Waals surface area (Å²) in [6, 6.07) is 13.6. The molecule has 1 saturated heterocycles. The lowest BCUT2D eigenvalue weighted by Crippen LogP contribution is -2.29. The average Bonchev–Trinajstić information content (AvgIpc) is 3.36. The first-order chi connectivity index (χ1) is 14.5. The summed E-state index contributed by atoms with van der Waals surface area (Å²) >= 11 is 1.27. The van der Waals surface area contributed by atoms with Gasteiger partial charge in [-0.25, -0.2) is 4.98 Å². The van der Waals surface area contributed by atoms with E-state index in [-0.39, 0.29) is 11.3 Å². The summed E-state index contributed by atoms with van der Waals surface area (Å²) in [6.45, 7) is 4.37. The molecule has 0 aliphatic carbocycles. The highest BCUT2D eigenvalue weighted by molar-refractivity contribution is 7.14. The van der Waals surface area contributed by atoms with E-state index in [4.69, 9.17) is 4.74 Å². The average molecular weight is 420 g/mol. The molecule has 0 unspecified atom stereocenters. The fourth-order valence-corrected chi connectivity index (χ4v) is 4.13. The fraction of sp³-hybridized carbons (Fsp3) is 0.174. The summed E-state index contributed by atoms with van der Waals surface area (Å²) in [5.74, 6) is -1.00. The fourth-order valence-electron chi connectivity index (χ4n) is 3.46. The molecule has 7 heteroatoms. The van der Waals surface area contributed by atoms with Gasteiger partial charge in [-0.1, -0.05) is 29.8 Å². The van der Waals surface area contributed by atoms with Gasteiger partial charge in [0.05, 0.1) is 18.2 Å². The third-order valence-electron chi connectivity index (χ3n) is 4.90. The van der Waals surface area contributed by atoms with E-state index in [9.17, 15) is 14.7 Å². The van der Waals surface area contributed by atoms with Gasteiger partial charge in [0.15, 0.2) is 5.13 Å². The number of amides is 1. The van der Waals surface area contributed by atoms with E-state index in [0.717, 1.165) is 11.1 Å². The third kappa shape index (κ3) is 3.48. The van der Waals surface area contributed by atoms with Gasteiger partial charge in [0.25, 0.3) is 5.78 Å². The van der Waals surface area contributed by atoms with Crippen molar-refractivity contribution in [3.8, 4) is 5.75 Å². The molecular formula is C23H20N2O4S. The second-order valence-corrected chi connectivity index (χ2v) is 7.72. The monoisotopic (exact) mass is 420 g/mol. The number of nitrogens with zero attached hydrogens (tertiary/aromatic N) is 2. The maximum Gasteiger partial charge on any atom is 0.301 e. The van der Waals surface area contributed by atoms with Crippen LogP contribution in [-0.2, 0) is 9.59 Å². The Hall–Kier alpha value is -3.45. The number of Topliss-reactive ketones (excluding diaryl/α,β-unsaturated/α-hetero) is 1. The molecule has 152 valence electrons. The predicted octanol–water partition coefficient (Wildman–Crippen LogP) is 4.48. The van der Waals surface area contributed by atoms with Crippen LogP contribution < -0.4 is 9.64 Å². The molecule has 3 aromatic rings. The second kappa shape index (κ2) is 8.12. The van der Waals surface area contributed by atoms with Crippen molar-refractivity contribution < 1.29 is 19.4 Å². The molecule has 0 saturated carbocycles. The van der Waals surface area contributed by atoms with Crippen LogP contribution in [0.4, 0.5) is 5.13 Å². The Bertz CT molecular complexity index is 1100. The molecule has 0 spiro atoms. The number of carbonyl (C=O) groups is 2. The van der Waals surface area contributed by atoms with Crippen LogP contribution in [0.1, 0.15) is 29.7 Å². The Morgan fingerprint density at radius 1 is 1.13 bits per heavy atom. The molecule has 0 bridgehead atoms. The van der Waals surface area contributed by atoms with Crippen LogP contribution in [0.15, 0.2) is 65.7 Å². The zero-order valence-corrected chi connectivity index (χ0v) is 17.3. The highest BCUT2D eigenvalue weighted by atomic mass is 32.1. The van der Waals surface area contributed by atoms with Crippen molar-refractivity contribution in [3.05, 3.63) is 82.4 Å². The van der Waals surface area contributed by atoms with E-state index < -0.39 is 17.7 Å². The first-order valence-corrected chi connectivity index (χ1v) is 10.4. The third-order valence-corrected chi connectivity index (χ3v) is 5.67. The van der Waals surface area contributed by atoms with Crippen molar-refractivity contribution in [2.24, 2.45) is 0 Å². The minimum absolute atomic E-state index is 0.0446. The highest BCUT2D eigenvalue weighted by Crippen LogP contribution is 2.42. The van der Waals surface area contributed by atoms with Crippen molar-refractivity contribution >= 4 is 33.9 Å². The number of hydrogen-bond acceptors (Lipinski definition) is 6. The van der Waals surface area contributed by atoms with E-state index in [1.807, 2.05) is 38.1 Å². The number of aliphatic hydroxyl groups excluding tert-OH is 1. The van der Waals surface area contributed by atoms with Gasteiger partial charge < -0.3 is 9.84 Å². The van der Waals surface area contributed by atoms with E-state index in [0.29, 0.717) is 23.1 Å². The van der Waals surface area contributed by atoms with Gasteiger partial charge in [-0.15, -0.1) is 11.3 Å². The molecule has 1 fully saturated rings. The second-order valence-electron chi connectivity index (χ2n) is 6.85. The maximum atomic E-state index is 13.0. The minimum atomic E-state index is -0.761. The number of aliphatic hydroxyl groups is 1. The molecule has 2 heterocycles. The largest absolute Gasteiger partial charge is 0.507 e. The van der Waals surface area contributed by atoms with Gasteiger partial charge in [-0.2, -0.15) is 0 Å². The molecule has 1 aliphatic heterocycles. The van der Waals surface area contributed by atoms with Crippen LogP contribution in [0, 0.1) is 6.92 Å². The van der Waals surface area contributed by atoms with Crippen molar-refractivity contribution in [2.45, 2.75) is 19.9 Å². The van der Waals surface area contributed by atoms with Gasteiger partial charge >= 0.3 is 5.91 Å². The van der Waals surface area contributed by atoms with Crippen molar-refractivity contribution in [1.29, 1.82) is 0 Å². The van der Waals surface area contributed by atoms with Gasteiger partial charge in [0, 0.05) is 17.1 Å². The van der Waals surface area contributed by atoms with Crippen LogP contribution in [0.2, 0.25) is 0 Å². The number of rotatable bonds is 5. The summed E-state index contributed by atoms with van der Waals surface area (Å²) in [7, 11) is 0. The molecule has 1 N–H and O–H groups in total. The van der Waals surface area contributed by atoms with E-state index in [1.54, 1.807) is 35.8 Å². The van der Waals surface area contributed by atoms with Gasteiger partial charge in [-0.05, 0) is 43.7 Å². The van der Waals surface area contributed by atoms with Gasteiger partial charge in [0.2, 0.25) is 0 Å².